The summed E-state index contributed by atoms with van der Waals surface area (Å²) in [4.78, 5) is 15.4. The highest BCUT2D eigenvalue weighted by molar-refractivity contribution is 5.82. The van der Waals surface area contributed by atoms with Crippen molar-refractivity contribution in [1.29, 1.82) is 0 Å². The zero-order valence-electron chi connectivity index (χ0n) is 8.66. The molecule has 1 N–H and O–H groups in total. The molecule has 78 valence electrons. The van der Waals surface area contributed by atoms with E-state index in [4.69, 9.17) is 0 Å². The molecule has 1 aromatic rings. The number of Topliss-reactive ketones (excluding diaryl/α,β-unsaturated/α-hetero) is 1. The van der Waals surface area contributed by atoms with E-state index in [0.29, 0.717) is 13.0 Å². The van der Waals surface area contributed by atoms with Gasteiger partial charge >= 0.3 is 0 Å². The molecule has 0 bridgehead atoms. The van der Waals surface area contributed by atoms with Crippen LogP contribution >= 0.6 is 0 Å². The van der Waals surface area contributed by atoms with E-state index in [1.54, 1.807) is 4.68 Å². The van der Waals surface area contributed by atoms with Crippen molar-refractivity contribution in [3.05, 3.63) is 12.2 Å². The van der Waals surface area contributed by atoms with E-state index in [1.807, 2.05) is 13.8 Å². The van der Waals surface area contributed by atoms with Gasteiger partial charge in [-0.25, -0.2) is 9.67 Å². The van der Waals surface area contributed by atoms with E-state index in [0.717, 1.165) is 18.9 Å². The lowest BCUT2D eigenvalue weighted by Gasteiger charge is -2.02. The second kappa shape index (κ2) is 5.49. The Kier molecular flexibility index (Phi) is 4.25. The molecule has 1 rings (SSSR count). The number of hydrogen-bond acceptors (Lipinski definition) is 4. The van der Waals surface area contributed by atoms with Crippen LogP contribution in [0.2, 0.25) is 0 Å². The summed E-state index contributed by atoms with van der Waals surface area (Å²) in [6, 6.07) is 0. The number of rotatable bonds is 6. The van der Waals surface area contributed by atoms with Crippen LogP contribution in [0.5, 0.6) is 0 Å². The molecule has 14 heavy (non-hydrogen) atoms. The molecule has 0 saturated heterocycles. The smallest absolute Gasteiger partial charge is 0.154 e. The first-order valence-corrected chi connectivity index (χ1v) is 4.87. The number of hydrogen-bond donors (Lipinski definition) is 1. The molecular weight excluding hydrogens is 180 g/mol. The largest absolute Gasteiger partial charge is 0.310 e. The standard InChI is InChI=1S/C9H16N4O/c1-3-10-6-8(14)5-9-11-7-12-13(9)4-2/h7,10H,3-6H2,1-2H3. The summed E-state index contributed by atoms with van der Waals surface area (Å²) in [5.74, 6) is 0.893. The highest BCUT2D eigenvalue weighted by Crippen LogP contribution is 1.95. The maximum absolute atomic E-state index is 11.4. The van der Waals surface area contributed by atoms with Crippen LogP contribution in [0.15, 0.2) is 6.33 Å². The number of carbonyl (C=O) groups excluding carboxylic acids is 1. The summed E-state index contributed by atoms with van der Waals surface area (Å²) >= 11 is 0. The number of nitrogens with one attached hydrogen (secondary N) is 1. The van der Waals surface area contributed by atoms with Crippen molar-refractivity contribution in [2.45, 2.75) is 26.8 Å². The third kappa shape index (κ3) is 2.92. The fourth-order valence-corrected chi connectivity index (χ4v) is 1.19. The first kappa shape index (κ1) is 10.8. The van der Waals surface area contributed by atoms with Crippen LogP contribution in [0, 0.1) is 0 Å². The van der Waals surface area contributed by atoms with E-state index in [1.165, 1.54) is 6.33 Å². The molecule has 0 radical (unpaired) electrons. The average Bonchev–Trinajstić information content (AvgIpc) is 2.62. The summed E-state index contributed by atoms with van der Waals surface area (Å²) < 4.78 is 1.74. The van der Waals surface area contributed by atoms with Gasteiger partial charge in [0.1, 0.15) is 12.2 Å². The van der Waals surface area contributed by atoms with Crippen LogP contribution in [0.25, 0.3) is 0 Å². The molecule has 0 aromatic carbocycles. The molecule has 1 heterocycles. The van der Waals surface area contributed by atoms with Crippen LogP contribution < -0.4 is 5.32 Å². The van der Waals surface area contributed by atoms with E-state index in [2.05, 4.69) is 15.4 Å². The maximum Gasteiger partial charge on any atom is 0.154 e. The lowest BCUT2D eigenvalue weighted by Crippen LogP contribution is -2.24. The Morgan fingerprint density at radius 3 is 3.00 bits per heavy atom. The predicted octanol–water partition coefficient (Wildman–Crippen LogP) is 0.0191. The van der Waals surface area contributed by atoms with E-state index in [9.17, 15) is 4.79 Å². The maximum atomic E-state index is 11.4. The van der Waals surface area contributed by atoms with Crippen molar-refractivity contribution in [1.82, 2.24) is 20.1 Å². The van der Waals surface area contributed by atoms with Crippen molar-refractivity contribution in [2.75, 3.05) is 13.1 Å². The molecule has 0 aliphatic rings. The minimum absolute atomic E-state index is 0.148. The van der Waals surface area contributed by atoms with Crippen LogP contribution in [0.1, 0.15) is 19.7 Å². The van der Waals surface area contributed by atoms with Crippen LogP contribution in [-0.4, -0.2) is 33.6 Å². The topological polar surface area (TPSA) is 59.8 Å². The number of ketones is 1. The monoisotopic (exact) mass is 196 g/mol. The first-order valence-electron chi connectivity index (χ1n) is 4.87. The molecular formula is C9H16N4O. The van der Waals surface area contributed by atoms with Gasteiger partial charge in [0.05, 0.1) is 13.0 Å². The Morgan fingerprint density at radius 1 is 1.57 bits per heavy atom. The van der Waals surface area contributed by atoms with Crippen LogP contribution in [-0.2, 0) is 17.8 Å². The summed E-state index contributed by atoms with van der Waals surface area (Å²) in [6.45, 7) is 5.93. The molecule has 0 aliphatic carbocycles. The lowest BCUT2D eigenvalue weighted by atomic mass is 10.2. The molecule has 5 nitrogen and oxygen atoms in total. The minimum Gasteiger partial charge on any atom is -0.310 e. The molecule has 0 amide bonds. The highest BCUT2D eigenvalue weighted by atomic mass is 16.1. The second-order valence-electron chi connectivity index (χ2n) is 2.99. The Morgan fingerprint density at radius 2 is 2.36 bits per heavy atom. The van der Waals surface area contributed by atoms with Gasteiger partial charge in [0.25, 0.3) is 0 Å². The molecule has 0 aliphatic heterocycles. The molecule has 0 spiro atoms. The normalized spacial score (nSPS) is 10.4. The summed E-state index contributed by atoms with van der Waals surface area (Å²) in [7, 11) is 0. The van der Waals surface area contributed by atoms with Gasteiger partial charge in [-0.3, -0.25) is 4.79 Å². The molecule has 0 atom stereocenters. The van der Waals surface area contributed by atoms with Gasteiger partial charge in [0.2, 0.25) is 0 Å². The Hall–Kier alpha value is -1.23. The average molecular weight is 196 g/mol. The number of nitrogens with zero attached hydrogens (tertiary/aromatic N) is 3. The fraction of sp³-hybridized carbons (Fsp3) is 0.667. The van der Waals surface area contributed by atoms with E-state index in [-0.39, 0.29) is 5.78 Å². The van der Waals surface area contributed by atoms with Crippen molar-refractivity contribution >= 4 is 5.78 Å². The van der Waals surface area contributed by atoms with Gasteiger partial charge in [0, 0.05) is 6.54 Å². The van der Waals surface area contributed by atoms with Crippen LogP contribution in [0.3, 0.4) is 0 Å². The van der Waals surface area contributed by atoms with Crippen molar-refractivity contribution < 1.29 is 4.79 Å². The summed E-state index contributed by atoms with van der Waals surface area (Å²) in [5.41, 5.74) is 0. The quantitative estimate of drug-likeness (QED) is 0.696. The number of aromatic nitrogens is 3. The van der Waals surface area contributed by atoms with E-state index < -0.39 is 0 Å². The van der Waals surface area contributed by atoms with Gasteiger partial charge in [-0.05, 0) is 13.5 Å². The first-order chi connectivity index (χ1) is 6.77. The minimum atomic E-state index is 0.148. The third-order valence-corrected chi connectivity index (χ3v) is 1.92. The van der Waals surface area contributed by atoms with Gasteiger partial charge in [0.15, 0.2) is 5.78 Å². The zero-order chi connectivity index (χ0) is 10.4. The summed E-state index contributed by atoms with van der Waals surface area (Å²) in [5, 5.41) is 6.99. The Balaban J connectivity index is 2.47. The number of carbonyl (C=O) groups is 1. The highest BCUT2D eigenvalue weighted by Gasteiger charge is 2.08. The summed E-state index contributed by atoms with van der Waals surface area (Å²) in [6.07, 6.45) is 1.85. The van der Waals surface area contributed by atoms with Gasteiger partial charge in [-0.1, -0.05) is 6.92 Å². The van der Waals surface area contributed by atoms with Crippen molar-refractivity contribution in [3.63, 3.8) is 0 Å². The Labute approximate surface area is 83.5 Å². The second-order valence-corrected chi connectivity index (χ2v) is 2.99. The molecule has 1 aromatic heterocycles. The predicted molar refractivity (Wildman–Crippen MR) is 53.0 cm³/mol. The molecule has 0 unspecified atom stereocenters. The lowest BCUT2D eigenvalue weighted by molar-refractivity contribution is -0.117. The zero-order valence-corrected chi connectivity index (χ0v) is 8.66. The fourth-order valence-electron chi connectivity index (χ4n) is 1.19. The van der Waals surface area contributed by atoms with Gasteiger partial charge in [-0.15, -0.1) is 0 Å². The van der Waals surface area contributed by atoms with Crippen molar-refractivity contribution in [3.8, 4) is 0 Å². The van der Waals surface area contributed by atoms with Gasteiger partial charge < -0.3 is 5.32 Å². The van der Waals surface area contributed by atoms with E-state index >= 15 is 0 Å². The van der Waals surface area contributed by atoms with Gasteiger partial charge in [-0.2, -0.15) is 5.10 Å². The van der Waals surface area contributed by atoms with Crippen LogP contribution in [0.4, 0.5) is 0 Å². The molecule has 0 saturated carbocycles. The molecule has 5 heteroatoms. The third-order valence-electron chi connectivity index (χ3n) is 1.92. The SMILES string of the molecule is CCNCC(=O)Cc1ncnn1CC. The number of likely N-dealkylation sites (N-methyl/N-ethyl adjacent to an activating group) is 1. The molecule has 0 fully saturated rings. The number of aryl methyl sites for hydroxylation is 1. The van der Waals surface area contributed by atoms with Crippen molar-refractivity contribution in [2.24, 2.45) is 0 Å². The Bertz CT molecular complexity index is 295.